The molecule has 1 fully saturated rings. The van der Waals surface area contributed by atoms with E-state index in [-0.39, 0.29) is 4.75 Å². The third kappa shape index (κ3) is 3.23. The molecular weight excluding hydrogens is 354 g/mol. The fourth-order valence-electron chi connectivity index (χ4n) is 1.83. The van der Waals surface area contributed by atoms with Crippen LogP contribution in [-0.2, 0) is 4.74 Å². The first kappa shape index (κ1) is 14.7. The summed E-state index contributed by atoms with van der Waals surface area (Å²) in [4.78, 5) is 1.18. The molecule has 0 aliphatic carbocycles. The highest BCUT2D eigenvalue weighted by Gasteiger charge is 2.36. The van der Waals surface area contributed by atoms with Gasteiger partial charge in [-0.2, -0.15) is 5.26 Å². The number of hydrogen-bond acceptors (Lipinski definition) is 4. The molecule has 1 saturated heterocycles. The van der Waals surface area contributed by atoms with Gasteiger partial charge < -0.3 is 4.74 Å². The van der Waals surface area contributed by atoms with Crippen LogP contribution in [0.1, 0.15) is 24.1 Å². The predicted molar refractivity (Wildman–Crippen MR) is 81.7 cm³/mol. The molecule has 98 valence electrons. The fourth-order valence-corrected chi connectivity index (χ4v) is 5.32. The quantitative estimate of drug-likeness (QED) is 0.775. The van der Waals surface area contributed by atoms with Crippen LogP contribution in [-0.4, -0.2) is 23.7 Å². The summed E-state index contributed by atoms with van der Waals surface area (Å²) < 4.78 is 6.05. The van der Waals surface area contributed by atoms with Gasteiger partial charge in [-0.05, 0) is 22.0 Å². The number of thiophene rings is 1. The summed E-state index contributed by atoms with van der Waals surface area (Å²) in [5, 5.41) is 10.1. The van der Waals surface area contributed by atoms with E-state index >= 15 is 0 Å². The summed E-state index contributed by atoms with van der Waals surface area (Å²) in [5.74, 6) is 1.24. The summed E-state index contributed by atoms with van der Waals surface area (Å²) >= 11 is 13.0. The Morgan fingerprint density at radius 3 is 3.06 bits per heavy atom. The van der Waals surface area contributed by atoms with Gasteiger partial charge in [0.05, 0.1) is 21.5 Å². The van der Waals surface area contributed by atoms with Gasteiger partial charge in [0.25, 0.3) is 0 Å². The van der Waals surface area contributed by atoms with E-state index in [2.05, 4.69) is 28.9 Å². The SMILES string of the molecule is C[C@H](CSC1(C#N)CCOC1)c1sc(Br)cc1Cl. The predicted octanol–water partition coefficient (Wildman–Crippen LogP) is 4.68. The molecule has 1 unspecified atom stereocenters. The Labute approximate surface area is 129 Å². The number of ether oxygens (including phenoxy) is 1. The summed E-state index contributed by atoms with van der Waals surface area (Å²) in [6.07, 6.45) is 0.822. The van der Waals surface area contributed by atoms with Crippen molar-refractivity contribution in [2.75, 3.05) is 19.0 Å². The maximum absolute atomic E-state index is 9.28. The molecule has 6 heteroatoms. The Balaban J connectivity index is 1.98. The number of hydrogen-bond donors (Lipinski definition) is 0. The molecular formula is C12H13BrClNOS2. The molecule has 0 aromatic carbocycles. The van der Waals surface area contributed by atoms with Crippen molar-refractivity contribution in [2.24, 2.45) is 0 Å². The van der Waals surface area contributed by atoms with Crippen LogP contribution < -0.4 is 0 Å². The molecule has 0 N–H and O–H groups in total. The average molecular weight is 367 g/mol. The van der Waals surface area contributed by atoms with Crippen molar-refractivity contribution in [3.05, 3.63) is 19.8 Å². The molecule has 2 nitrogen and oxygen atoms in total. The van der Waals surface area contributed by atoms with Gasteiger partial charge in [-0.1, -0.05) is 18.5 Å². The summed E-state index contributed by atoms with van der Waals surface area (Å²) in [7, 11) is 0. The van der Waals surface area contributed by atoms with Crippen molar-refractivity contribution in [1.29, 1.82) is 5.26 Å². The van der Waals surface area contributed by atoms with Crippen molar-refractivity contribution < 1.29 is 4.74 Å². The van der Waals surface area contributed by atoms with Crippen LogP contribution in [0.15, 0.2) is 9.85 Å². The van der Waals surface area contributed by atoms with Gasteiger partial charge in [-0.3, -0.25) is 0 Å². The van der Waals surface area contributed by atoms with Crippen molar-refractivity contribution in [1.82, 2.24) is 0 Å². The Morgan fingerprint density at radius 1 is 1.78 bits per heavy atom. The summed E-state index contributed by atoms with van der Waals surface area (Å²) in [5.41, 5.74) is 0. The Morgan fingerprint density at radius 2 is 2.56 bits per heavy atom. The minimum absolute atomic E-state index is 0.352. The van der Waals surface area contributed by atoms with Gasteiger partial charge >= 0.3 is 0 Å². The molecule has 1 aliphatic rings. The first-order valence-corrected chi connectivity index (χ1v) is 8.61. The largest absolute Gasteiger partial charge is 0.379 e. The van der Waals surface area contributed by atoms with Crippen molar-refractivity contribution in [3.8, 4) is 6.07 Å². The monoisotopic (exact) mass is 365 g/mol. The van der Waals surface area contributed by atoms with Crippen LogP contribution in [0, 0.1) is 11.3 Å². The third-order valence-electron chi connectivity index (χ3n) is 2.93. The second-order valence-corrected chi connectivity index (χ2v) is 8.66. The van der Waals surface area contributed by atoms with Crippen LogP contribution in [0.4, 0.5) is 0 Å². The maximum atomic E-state index is 9.28. The molecule has 1 aliphatic heterocycles. The minimum atomic E-state index is -0.352. The van der Waals surface area contributed by atoms with Crippen LogP contribution in [0.2, 0.25) is 5.02 Å². The van der Waals surface area contributed by atoms with E-state index in [4.69, 9.17) is 16.3 Å². The molecule has 1 aromatic heterocycles. The van der Waals surface area contributed by atoms with E-state index in [0.29, 0.717) is 19.1 Å². The number of halogens is 2. The highest BCUT2D eigenvalue weighted by atomic mass is 79.9. The zero-order valence-corrected chi connectivity index (χ0v) is 13.9. The second-order valence-electron chi connectivity index (χ2n) is 4.38. The number of nitriles is 1. The molecule has 0 amide bonds. The number of rotatable bonds is 4. The van der Waals surface area contributed by atoms with Crippen LogP contribution in [0.5, 0.6) is 0 Å². The topological polar surface area (TPSA) is 33.0 Å². The molecule has 0 bridgehead atoms. The van der Waals surface area contributed by atoms with E-state index in [1.165, 1.54) is 4.88 Å². The first-order valence-electron chi connectivity index (χ1n) is 5.64. The van der Waals surface area contributed by atoms with E-state index in [1.54, 1.807) is 23.1 Å². The standard InChI is InChI=1S/C12H13BrClNOS2/c1-8(11-9(14)4-10(13)18-11)5-17-12(6-15)2-3-16-7-12/h4,8H,2-3,5,7H2,1H3/t8-,12?/m1/s1. The van der Waals surface area contributed by atoms with Gasteiger partial charge in [0.15, 0.2) is 0 Å². The minimum Gasteiger partial charge on any atom is -0.379 e. The number of nitrogens with zero attached hydrogens (tertiary/aromatic N) is 1. The summed E-state index contributed by atoms with van der Waals surface area (Å²) in [6, 6.07) is 4.34. The van der Waals surface area contributed by atoms with Crippen molar-refractivity contribution >= 4 is 50.6 Å². The molecule has 2 rings (SSSR count). The molecule has 18 heavy (non-hydrogen) atoms. The van der Waals surface area contributed by atoms with E-state index in [1.807, 2.05) is 6.07 Å². The normalized spacial score (nSPS) is 25.0. The van der Waals surface area contributed by atoms with Crippen LogP contribution in [0.3, 0.4) is 0 Å². The lowest BCUT2D eigenvalue weighted by molar-refractivity contribution is 0.195. The average Bonchev–Trinajstić information content (AvgIpc) is 2.94. The summed E-state index contributed by atoms with van der Waals surface area (Å²) in [6.45, 7) is 3.39. The van der Waals surface area contributed by atoms with Gasteiger partial charge in [0, 0.05) is 29.6 Å². The smallest absolute Gasteiger partial charge is 0.128 e. The zero-order chi connectivity index (χ0) is 13.2. The van der Waals surface area contributed by atoms with Crippen LogP contribution >= 0.6 is 50.6 Å². The Hall–Kier alpha value is 0.270. The Kier molecular flexibility index (Phi) is 5.01. The molecule has 2 atom stereocenters. The molecule has 0 radical (unpaired) electrons. The lowest BCUT2D eigenvalue weighted by Crippen LogP contribution is -2.23. The van der Waals surface area contributed by atoms with Gasteiger partial charge in [-0.25, -0.2) is 0 Å². The fraction of sp³-hybridized carbons (Fsp3) is 0.583. The number of thioether (sulfide) groups is 1. The van der Waals surface area contributed by atoms with E-state index in [9.17, 15) is 5.26 Å². The van der Waals surface area contributed by atoms with Crippen LogP contribution in [0.25, 0.3) is 0 Å². The molecule has 0 spiro atoms. The highest BCUT2D eigenvalue weighted by Crippen LogP contribution is 2.41. The second kappa shape index (κ2) is 6.15. The highest BCUT2D eigenvalue weighted by molar-refractivity contribution is 9.11. The van der Waals surface area contributed by atoms with Crippen molar-refractivity contribution in [2.45, 2.75) is 24.0 Å². The molecule has 2 heterocycles. The van der Waals surface area contributed by atoms with E-state index in [0.717, 1.165) is 21.0 Å². The molecule has 1 aromatic rings. The van der Waals surface area contributed by atoms with Crippen molar-refractivity contribution in [3.63, 3.8) is 0 Å². The van der Waals surface area contributed by atoms with Gasteiger partial charge in [0.1, 0.15) is 4.75 Å². The molecule has 0 saturated carbocycles. The lowest BCUT2D eigenvalue weighted by Gasteiger charge is -2.20. The Bertz CT molecular complexity index is 465. The maximum Gasteiger partial charge on any atom is 0.128 e. The zero-order valence-electron chi connectivity index (χ0n) is 9.91. The van der Waals surface area contributed by atoms with Gasteiger partial charge in [-0.15, -0.1) is 23.1 Å². The first-order chi connectivity index (χ1) is 8.56. The third-order valence-corrected chi connectivity index (χ3v) is 6.86. The lowest BCUT2D eigenvalue weighted by atomic mass is 10.1. The van der Waals surface area contributed by atoms with E-state index < -0.39 is 0 Å². The van der Waals surface area contributed by atoms with Gasteiger partial charge in [0.2, 0.25) is 0 Å².